The lowest BCUT2D eigenvalue weighted by molar-refractivity contribution is -0.137. The Morgan fingerprint density at radius 3 is 2.35 bits per heavy atom. The summed E-state index contributed by atoms with van der Waals surface area (Å²) >= 11 is 0. The van der Waals surface area contributed by atoms with E-state index in [0.29, 0.717) is 6.54 Å². The van der Waals surface area contributed by atoms with Gasteiger partial charge < -0.3 is 14.8 Å². The number of unbranched alkanes of at least 4 members (excludes halogenated alkanes) is 2. The molecule has 6 nitrogen and oxygen atoms in total. The normalized spacial score (nSPS) is 11.1. The number of aromatic hydroxyl groups is 1. The highest BCUT2D eigenvalue weighted by Crippen LogP contribution is 2.11. The Morgan fingerprint density at radius 2 is 1.83 bits per heavy atom. The molecule has 0 saturated heterocycles. The van der Waals surface area contributed by atoms with Crippen molar-refractivity contribution < 1.29 is 15.0 Å². The lowest BCUT2D eigenvalue weighted by Gasteiger charge is -2.24. The topological polar surface area (TPSA) is 82.8 Å². The van der Waals surface area contributed by atoms with Gasteiger partial charge in [-0.3, -0.25) is 14.5 Å². The molecular weight excluding hydrogens is 296 g/mol. The third-order valence-corrected chi connectivity index (χ3v) is 3.81. The van der Waals surface area contributed by atoms with Gasteiger partial charge in [0.15, 0.2) is 5.75 Å². The Kier molecular flexibility index (Phi) is 8.40. The predicted molar refractivity (Wildman–Crippen MR) is 89.7 cm³/mol. The average molecular weight is 324 g/mol. The van der Waals surface area contributed by atoms with Gasteiger partial charge in [0.25, 0.3) is 0 Å². The van der Waals surface area contributed by atoms with Crippen LogP contribution in [0.25, 0.3) is 0 Å². The van der Waals surface area contributed by atoms with E-state index in [1.807, 2.05) is 0 Å². The number of aliphatic carboxylic acids is 1. The Balaban J connectivity index is 2.94. The molecule has 0 radical (unpaired) electrons. The first-order valence-corrected chi connectivity index (χ1v) is 8.34. The Bertz CT molecular complexity index is 546. The van der Waals surface area contributed by atoms with Gasteiger partial charge >= 0.3 is 5.97 Å². The summed E-state index contributed by atoms with van der Waals surface area (Å²) in [5.41, 5.74) is 0.332. The zero-order chi connectivity index (χ0) is 17.2. The van der Waals surface area contributed by atoms with Gasteiger partial charge in [0, 0.05) is 24.8 Å². The Hall–Kier alpha value is -1.82. The summed E-state index contributed by atoms with van der Waals surface area (Å²) in [4.78, 5) is 24.8. The quantitative estimate of drug-likeness (QED) is 0.653. The first kappa shape index (κ1) is 19.2. The van der Waals surface area contributed by atoms with Crippen LogP contribution in [0.3, 0.4) is 0 Å². The van der Waals surface area contributed by atoms with E-state index in [-0.39, 0.29) is 18.7 Å². The summed E-state index contributed by atoms with van der Waals surface area (Å²) in [5, 5.41) is 18.5. The van der Waals surface area contributed by atoms with E-state index in [0.717, 1.165) is 44.5 Å². The second kappa shape index (κ2) is 10.0. The minimum absolute atomic E-state index is 0.0424. The van der Waals surface area contributed by atoms with Crippen LogP contribution in [0.15, 0.2) is 17.1 Å². The summed E-state index contributed by atoms with van der Waals surface area (Å²) in [6.07, 6.45) is 5.67. The van der Waals surface area contributed by atoms with Crippen molar-refractivity contribution in [1.29, 1.82) is 0 Å². The van der Waals surface area contributed by atoms with E-state index >= 15 is 0 Å². The molecule has 0 saturated carbocycles. The molecule has 1 rings (SSSR count). The van der Waals surface area contributed by atoms with E-state index in [1.54, 1.807) is 4.57 Å². The van der Waals surface area contributed by atoms with E-state index < -0.39 is 11.4 Å². The zero-order valence-corrected chi connectivity index (χ0v) is 14.1. The highest BCUT2D eigenvalue weighted by atomic mass is 16.4. The predicted octanol–water partition coefficient (Wildman–Crippen LogP) is 2.43. The molecule has 0 bridgehead atoms. The van der Waals surface area contributed by atoms with Gasteiger partial charge in [-0.05, 0) is 25.9 Å². The first-order chi connectivity index (χ1) is 11.0. The smallest absolute Gasteiger partial charge is 0.305 e. The van der Waals surface area contributed by atoms with Crippen molar-refractivity contribution in [2.75, 3.05) is 13.1 Å². The number of aryl methyl sites for hydroxylation is 1. The molecule has 23 heavy (non-hydrogen) atoms. The fourth-order valence-electron chi connectivity index (χ4n) is 2.43. The lowest BCUT2D eigenvalue weighted by Crippen LogP contribution is -2.28. The third kappa shape index (κ3) is 6.86. The molecule has 0 aliphatic heterocycles. The number of aromatic nitrogens is 1. The van der Waals surface area contributed by atoms with Crippen LogP contribution in [0.2, 0.25) is 0 Å². The van der Waals surface area contributed by atoms with Gasteiger partial charge in [-0.25, -0.2) is 0 Å². The van der Waals surface area contributed by atoms with Gasteiger partial charge in [-0.2, -0.15) is 0 Å². The molecule has 0 fully saturated rings. The Labute approximate surface area is 137 Å². The van der Waals surface area contributed by atoms with Crippen molar-refractivity contribution in [2.24, 2.45) is 0 Å². The number of nitrogens with zero attached hydrogens (tertiary/aromatic N) is 2. The van der Waals surface area contributed by atoms with Gasteiger partial charge in [-0.15, -0.1) is 0 Å². The van der Waals surface area contributed by atoms with Crippen molar-refractivity contribution in [2.45, 2.75) is 59.0 Å². The van der Waals surface area contributed by atoms with Crippen LogP contribution in [0.1, 0.15) is 51.6 Å². The minimum Gasteiger partial charge on any atom is -0.503 e. The molecule has 0 aromatic carbocycles. The van der Waals surface area contributed by atoms with Gasteiger partial charge in [0.1, 0.15) is 0 Å². The van der Waals surface area contributed by atoms with Gasteiger partial charge in [0.2, 0.25) is 5.43 Å². The minimum atomic E-state index is -0.900. The molecule has 0 atom stereocenters. The summed E-state index contributed by atoms with van der Waals surface area (Å²) in [5.74, 6) is -1.24. The summed E-state index contributed by atoms with van der Waals surface area (Å²) in [6.45, 7) is 7.01. The second-order valence-electron chi connectivity index (χ2n) is 5.83. The largest absolute Gasteiger partial charge is 0.503 e. The number of rotatable bonds is 11. The van der Waals surface area contributed by atoms with Crippen LogP contribution < -0.4 is 5.43 Å². The van der Waals surface area contributed by atoms with E-state index in [4.69, 9.17) is 5.11 Å². The SMILES string of the molecule is CCCCN(CCCC)Cc1cc(=O)c(O)cn1CCC(=O)O. The van der Waals surface area contributed by atoms with Gasteiger partial charge in [0.05, 0.1) is 12.6 Å². The molecule has 1 aromatic rings. The average Bonchev–Trinajstić information content (AvgIpc) is 2.51. The molecule has 0 unspecified atom stereocenters. The van der Waals surface area contributed by atoms with Crippen molar-refractivity contribution in [3.05, 3.63) is 28.2 Å². The Morgan fingerprint density at radius 1 is 1.22 bits per heavy atom. The molecule has 0 aliphatic carbocycles. The van der Waals surface area contributed by atoms with Crippen LogP contribution in [0, 0.1) is 0 Å². The lowest BCUT2D eigenvalue weighted by atomic mass is 10.2. The number of carboxylic acid groups (broad SMARTS) is 1. The highest BCUT2D eigenvalue weighted by molar-refractivity contribution is 5.66. The molecule has 2 N–H and O–H groups in total. The highest BCUT2D eigenvalue weighted by Gasteiger charge is 2.12. The number of hydrogen-bond acceptors (Lipinski definition) is 4. The standard InChI is InChI=1S/C17H28N2O4/c1-3-5-8-18(9-6-4-2)12-14-11-15(20)16(21)13-19(14)10-7-17(22)23/h11,13,21H,3-10,12H2,1-2H3,(H,22,23). The molecule has 130 valence electrons. The van der Waals surface area contributed by atoms with Crippen LogP contribution in [-0.4, -0.2) is 38.7 Å². The number of carbonyl (C=O) groups is 1. The van der Waals surface area contributed by atoms with Crippen LogP contribution >= 0.6 is 0 Å². The monoisotopic (exact) mass is 324 g/mol. The van der Waals surface area contributed by atoms with Crippen LogP contribution in [0.4, 0.5) is 0 Å². The van der Waals surface area contributed by atoms with Crippen molar-refractivity contribution in [1.82, 2.24) is 9.47 Å². The summed E-state index contributed by atoms with van der Waals surface area (Å²) < 4.78 is 1.68. The van der Waals surface area contributed by atoms with Crippen molar-refractivity contribution in [3.63, 3.8) is 0 Å². The fraction of sp³-hybridized carbons (Fsp3) is 0.647. The van der Waals surface area contributed by atoms with Gasteiger partial charge in [-0.1, -0.05) is 26.7 Å². The summed E-state index contributed by atoms with van der Waals surface area (Å²) in [6, 6.07) is 1.42. The number of hydrogen-bond donors (Lipinski definition) is 2. The summed E-state index contributed by atoms with van der Waals surface area (Å²) in [7, 11) is 0. The van der Waals surface area contributed by atoms with Crippen molar-refractivity contribution >= 4 is 5.97 Å². The van der Waals surface area contributed by atoms with Crippen LogP contribution in [0.5, 0.6) is 5.75 Å². The first-order valence-electron chi connectivity index (χ1n) is 8.34. The van der Waals surface area contributed by atoms with Crippen molar-refractivity contribution in [3.8, 4) is 5.75 Å². The number of carboxylic acids is 1. The maximum atomic E-state index is 11.7. The molecule has 1 heterocycles. The van der Waals surface area contributed by atoms with Crippen LogP contribution in [-0.2, 0) is 17.9 Å². The van der Waals surface area contributed by atoms with E-state index in [1.165, 1.54) is 12.3 Å². The second-order valence-corrected chi connectivity index (χ2v) is 5.83. The maximum absolute atomic E-state index is 11.7. The zero-order valence-electron chi connectivity index (χ0n) is 14.1. The molecule has 0 amide bonds. The molecule has 0 aliphatic rings. The maximum Gasteiger partial charge on any atom is 0.305 e. The molecule has 6 heteroatoms. The molecular formula is C17H28N2O4. The third-order valence-electron chi connectivity index (χ3n) is 3.81. The molecule has 0 spiro atoms. The van der Waals surface area contributed by atoms with E-state index in [9.17, 15) is 14.7 Å². The fourth-order valence-corrected chi connectivity index (χ4v) is 2.43. The molecule has 1 aromatic heterocycles. The number of pyridine rings is 1. The van der Waals surface area contributed by atoms with E-state index in [2.05, 4.69) is 18.7 Å².